The number of carboxylic acid groups (broad SMARTS) is 1. The Morgan fingerprint density at radius 1 is 1.33 bits per heavy atom. The van der Waals surface area contributed by atoms with E-state index in [9.17, 15) is 28.7 Å². The topological polar surface area (TPSA) is 133 Å². The Balaban J connectivity index is 1.58. The van der Waals surface area contributed by atoms with Gasteiger partial charge in [-0.05, 0) is 29.7 Å². The fourth-order valence-corrected chi connectivity index (χ4v) is 5.63. The van der Waals surface area contributed by atoms with Crippen LogP contribution in [0.3, 0.4) is 0 Å². The van der Waals surface area contributed by atoms with E-state index in [0.717, 1.165) is 33.7 Å². The molecule has 0 bridgehead atoms. The average molecular weight is 511 g/mol. The van der Waals surface area contributed by atoms with E-state index in [1.54, 1.807) is 0 Å². The van der Waals surface area contributed by atoms with Gasteiger partial charge < -0.3 is 20.7 Å². The Labute approximate surface area is 198 Å². The summed E-state index contributed by atoms with van der Waals surface area (Å²) >= 11 is 7.96. The van der Waals surface area contributed by atoms with E-state index in [0.29, 0.717) is 9.21 Å². The van der Waals surface area contributed by atoms with Crippen LogP contribution in [0.25, 0.3) is 10.9 Å². The monoisotopic (exact) mass is 510 g/mol. The minimum atomic E-state index is -1.30. The fraction of sp³-hybridized carbons (Fsp3) is 0.200. The average Bonchev–Trinajstić information content (AvgIpc) is 3.41. The van der Waals surface area contributed by atoms with Gasteiger partial charge in [-0.2, -0.15) is 0 Å². The van der Waals surface area contributed by atoms with Crippen molar-refractivity contribution in [3.63, 3.8) is 0 Å². The molecular formula is C20H16ClFN4O5S2. The van der Waals surface area contributed by atoms with Gasteiger partial charge in [-0.3, -0.25) is 9.59 Å². The number of H-pyrrole nitrogens is 1. The third kappa shape index (κ3) is 4.41. The number of thioether (sulfide) groups is 1. The standard InChI is InChI=1S/C20H16ClFN4O5S2/c1-23-12-6-11-9(5-10(12)22)18(28)26(20(31)24-11)15-4-8(7-32-15)17(27)25-16(19(29)30)13-2-3-14(21)33-13/h2-3,5-7,15-16,23H,4H2,1H3,(H,24,31)(H,25,27)(H,29,30). The number of benzene rings is 1. The third-order valence-corrected chi connectivity index (χ3v) is 7.44. The molecule has 9 nitrogen and oxygen atoms in total. The maximum absolute atomic E-state index is 14.2. The van der Waals surface area contributed by atoms with E-state index in [1.807, 2.05) is 0 Å². The van der Waals surface area contributed by atoms with Crippen LogP contribution in [0.5, 0.6) is 0 Å². The van der Waals surface area contributed by atoms with Crippen LogP contribution in [-0.2, 0) is 9.59 Å². The lowest BCUT2D eigenvalue weighted by Crippen LogP contribution is -2.37. The molecule has 3 aromatic rings. The highest BCUT2D eigenvalue weighted by molar-refractivity contribution is 8.02. The normalized spacial score (nSPS) is 16.5. The Morgan fingerprint density at radius 2 is 2.09 bits per heavy atom. The van der Waals surface area contributed by atoms with Crippen LogP contribution in [0.1, 0.15) is 22.7 Å². The molecule has 4 rings (SSSR count). The first-order chi connectivity index (χ1) is 15.7. The Morgan fingerprint density at radius 3 is 2.73 bits per heavy atom. The highest BCUT2D eigenvalue weighted by Crippen LogP contribution is 2.37. The van der Waals surface area contributed by atoms with Gasteiger partial charge in [0.15, 0.2) is 6.04 Å². The number of hydrogen-bond donors (Lipinski definition) is 4. The number of fused-ring (bicyclic) bond motifs is 1. The van der Waals surface area contributed by atoms with Crippen LogP contribution in [0.2, 0.25) is 4.34 Å². The molecule has 0 fully saturated rings. The SMILES string of the molecule is CNc1cc2[nH]c(=O)n(C3CC(C(=O)NC(C(=O)O)c4ccc(Cl)s4)=CS3)c(=O)c2cc1F. The summed E-state index contributed by atoms with van der Waals surface area (Å²) in [6.07, 6.45) is -0.000387. The lowest BCUT2D eigenvalue weighted by molar-refractivity contribution is -0.141. The first-order valence-corrected chi connectivity index (χ1v) is 11.6. The molecule has 1 aromatic carbocycles. The van der Waals surface area contributed by atoms with Crippen LogP contribution in [-0.4, -0.2) is 33.6 Å². The summed E-state index contributed by atoms with van der Waals surface area (Å²) in [5, 5.41) is 15.3. The van der Waals surface area contributed by atoms with Crippen molar-refractivity contribution in [1.82, 2.24) is 14.9 Å². The van der Waals surface area contributed by atoms with E-state index in [2.05, 4.69) is 15.6 Å². The number of carbonyl (C=O) groups is 2. The van der Waals surface area contributed by atoms with Crippen LogP contribution >= 0.6 is 34.7 Å². The molecule has 0 saturated heterocycles. The summed E-state index contributed by atoms with van der Waals surface area (Å²) < 4.78 is 15.5. The van der Waals surface area contributed by atoms with Crippen molar-refractivity contribution in [2.75, 3.05) is 12.4 Å². The highest BCUT2D eigenvalue weighted by atomic mass is 35.5. The lowest BCUT2D eigenvalue weighted by atomic mass is 10.1. The Bertz CT molecular complexity index is 1430. The number of hydrogen-bond acceptors (Lipinski definition) is 7. The summed E-state index contributed by atoms with van der Waals surface area (Å²) in [6, 6.07) is 4.13. The number of anilines is 1. The van der Waals surface area contributed by atoms with E-state index in [1.165, 1.54) is 30.7 Å². The van der Waals surface area contributed by atoms with Crippen molar-refractivity contribution in [1.29, 1.82) is 0 Å². The van der Waals surface area contributed by atoms with E-state index in [-0.39, 0.29) is 28.6 Å². The van der Waals surface area contributed by atoms with Gasteiger partial charge in [-0.25, -0.2) is 18.5 Å². The number of thiophene rings is 1. The minimum Gasteiger partial charge on any atom is -0.479 e. The van der Waals surface area contributed by atoms with Crippen molar-refractivity contribution < 1.29 is 19.1 Å². The first kappa shape index (κ1) is 23.1. The molecule has 0 aliphatic carbocycles. The Hall–Kier alpha value is -3.09. The number of halogens is 2. The molecule has 0 spiro atoms. The number of aromatic amines is 1. The summed E-state index contributed by atoms with van der Waals surface area (Å²) in [6.45, 7) is 0. The molecule has 1 aliphatic heterocycles. The number of aliphatic carboxylic acids is 1. The van der Waals surface area contributed by atoms with Crippen molar-refractivity contribution in [2.45, 2.75) is 17.8 Å². The number of rotatable bonds is 6. The van der Waals surface area contributed by atoms with Crippen LogP contribution < -0.4 is 21.9 Å². The van der Waals surface area contributed by atoms with Gasteiger partial charge in [0.2, 0.25) is 5.91 Å². The van der Waals surface area contributed by atoms with E-state index in [4.69, 9.17) is 11.6 Å². The second kappa shape index (κ2) is 9.04. The van der Waals surface area contributed by atoms with E-state index >= 15 is 0 Å². The predicted molar refractivity (Wildman–Crippen MR) is 126 cm³/mol. The molecule has 2 aromatic heterocycles. The predicted octanol–water partition coefficient (Wildman–Crippen LogP) is 3.05. The fourth-order valence-electron chi connectivity index (χ4n) is 3.41. The maximum Gasteiger partial charge on any atom is 0.331 e. The lowest BCUT2D eigenvalue weighted by Gasteiger charge is -2.15. The molecule has 172 valence electrons. The number of carboxylic acids is 1. The molecule has 0 radical (unpaired) electrons. The zero-order chi connectivity index (χ0) is 23.9. The number of amides is 1. The minimum absolute atomic E-state index is 0.000387. The maximum atomic E-state index is 14.2. The largest absolute Gasteiger partial charge is 0.479 e. The Kier molecular flexibility index (Phi) is 6.32. The zero-order valence-electron chi connectivity index (χ0n) is 16.8. The molecule has 1 aliphatic rings. The summed E-state index contributed by atoms with van der Waals surface area (Å²) in [7, 11) is 1.51. The molecule has 4 N–H and O–H groups in total. The molecule has 0 saturated carbocycles. The third-order valence-electron chi connectivity index (χ3n) is 5.03. The second-order valence-electron chi connectivity index (χ2n) is 7.06. The molecule has 13 heteroatoms. The summed E-state index contributed by atoms with van der Waals surface area (Å²) in [5.74, 6) is -2.54. The van der Waals surface area contributed by atoms with Crippen molar-refractivity contribution in [3.05, 3.63) is 71.1 Å². The van der Waals surface area contributed by atoms with Crippen molar-refractivity contribution in [3.8, 4) is 0 Å². The van der Waals surface area contributed by atoms with Gasteiger partial charge >= 0.3 is 11.7 Å². The summed E-state index contributed by atoms with van der Waals surface area (Å²) in [5.41, 5.74) is -0.877. The van der Waals surface area contributed by atoms with Crippen LogP contribution in [0.4, 0.5) is 10.1 Å². The van der Waals surface area contributed by atoms with Gasteiger partial charge in [-0.1, -0.05) is 11.6 Å². The molecular weight excluding hydrogens is 495 g/mol. The molecule has 2 atom stereocenters. The van der Waals surface area contributed by atoms with Crippen LogP contribution in [0, 0.1) is 5.82 Å². The number of nitrogens with one attached hydrogen (secondary N) is 3. The quantitative estimate of drug-likeness (QED) is 0.400. The molecule has 33 heavy (non-hydrogen) atoms. The highest BCUT2D eigenvalue weighted by Gasteiger charge is 2.30. The van der Waals surface area contributed by atoms with E-state index < -0.39 is 40.4 Å². The molecule has 3 heterocycles. The molecule has 2 unspecified atom stereocenters. The van der Waals surface area contributed by atoms with Crippen molar-refractivity contribution >= 4 is 63.2 Å². The van der Waals surface area contributed by atoms with Gasteiger partial charge in [0.05, 0.1) is 26.3 Å². The van der Waals surface area contributed by atoms with Gasteiger partial charge in [0, 0.05) is 23.9 Å². The number of nitrogens with zero attached hydrogens (tertiary/aromatic N) is 1. The van der Waals surface area contributed by atoms with Crippen LogP contribution in [0.15, 0.2) is 44.8 Å². The van der Waals surface area contributed by atoms with Gasteiger partial charge in [-0.15, -0.1) is 23.1 Å². The van der Waals surface area contributed by atoms with Gasteiger partial charge in [0.25, 0.3) is 5.56 Å². The summed E-state index contributed by atoms with van der Waals surface area (Å²) in [4.78, 5) is 52.8. The van der Waals surface area contributed by atoms with Crippen molar-refractivity contribution in [2.24, 2.45) is 0 Å². The first-order valence-electron chi connectivity index (χ1n) is 9.49. The molecule has 1 amide bonds. The smallest absolute Gasteiger partial charge is 0.331 e. The zero-order valence-corrected chi connectivity index (χ0v) is 19.2. The number of aromatic nitrogens is 2. The number of carbonyl (C=O) groups excluding carboxylic acids is 1. The second-order valence-corrected chi connectivity index (χ2v) is 9.86. The van der Waals surface area contributed by atoms with Gasteiger partial charge in [0.1, 0.15) is 5.82 Å².